The summed E-state index contributed by atoms with van der Waals surface area (Å²) in [4.78, 5) is 18.6. The van der Waals surface area contributed by atoms with Crippen molar-refractivity contribution < 1.29 is 9.47 Å². The molecule has 1 aromatic carbocycles. The average Bonchev–Trinajstić information content (AvgIpc) is 3.27. The Bertz CT molecular complexity index is 1030. The van der Waals surface area contributed by atoms with Crippen molar-refractivity contribution in [2.24, 2.45) is 0 Å². The van der Waals surface area contributed by atoms with Crippen LogP contribution in [-0.2, 0) is 6.54 Å². The van der Waals surface area contributed by atoms with E-state index in [0.29, 0.717) is 11.7 Å². The van der Waals surface area contributed by atoms with Crippen molar-refractivity contribution in [1.82, 2.24) is 19.9 Å². The molecule has 3 heterocycles. The van der Waals surface area contributed by atoms with E-state index in [4.69, 9.17) is 14.5 Å². The SMILES string of the molecule is CNc1nc(C)cc(N2CCN(Cc3csc(-c4ccc(OC)c(OC)c4)n3)CC2)n1. The minimum absolute atomic E-state index is 0.669. The lowest BCUT2D eigenvalue weighted by Gasteiger charge is -2.35. The summed E-state index contributed by atoms with van der Waals surface area (Å²) >= 11 is 1.66. The highest BCUT2D eigenvalue weighted by atomic mass is 32.1. The molecule has 4 rings (SSSR count). The monoisotopic (exact) mass is 440 g/mol. The summed E-state index contributed by atoms with van der Waals surface area (Å²) in [5.41, 5.74) is 3.11. The second kappa shape index (κ2) is 9.49. The maximum absolute atomic E-state index is 5.42. The molecule has 1 N–H and O–H groups in total. The van der Waals surface area contributed by atoms with E-state index in [-0.39, 0.29) is 0 Å². The number of piperazine rings is 1. The third-order valence-electron chi connectivity index (χ3n) is 5.33. The number of nitrogens with zero attached hydrogens (tertiary/aromatic N) is 5. The number of methoxy groups -OCH3 is 2. The minimum atomic E-state index is 0.669. The van der Waals surface area contributed by atoms with E-state index in [9.17, 15) is 0 Å². The van der Waals surface area contributed by atoms with Crippen molar-refractivity contribution in [3.8, 4) is 22.1 Å². The lowest BCUT2D eigenvalue weighted by molar-refractivity contribution is 0.247. The van der Waals surface area contributed by atoms with Gasteiger partial charge in [0.25, 0.3) is 0 Å². The van der Waals surface area contributed by atoms with Gasteiger partial charge in [-0.1, -0.05) is 0 Å². The van der Waals surface area contributed by atoms with E-state index in [1.807, 2.05) is 38.2 Å². The van der Waals surface area contributed by atoms with Crippen LogP contribution in [0.25, 0.3) is 10.6 Å². The normalized spacial score (nSPS) is 14.5. The molecule has 2 aromatic heterocycles. The summed E-state index contributed by atoms with van der Waals surface area (Å²) in [5, 5.41) is 6.17. The first-order valence-corrected chi connectivity index (χ1v) is 11.1. The van der Waals surface area contributed by atoms with Crippen molar-refractivity contribution in [3.63, 3.8) is 0 Å². The molecule has 1 fully saturated rings. The second-order valence-corrected chi connectivity index (χ2v) is 8.28. The molecule has 0 amide bonds. The fourth-order valence-corrected chi connectivity index (χ4v) is 4.48. The van der Waals surface area contributed by atoms with Crippen LogP contribution in [0.3, 0.4) is 0 Å². The van der Waals surface area contributed by atoms with Gasteiger partial charge >= 0.3 is 0 Å². The number of benzene rings is 1. The molecule has 1 aliphatic rings. The zero-order valence-corrected chi connectivity index (χ0v) is 19.2. The smallest absolute Gasteiger partial charge is 0.224 e. The Hall–Kier alpha value is -2.91. The number of nitrogens with one attached hydrogen (secondary N) is 1. The molecule has 0 spiro atoms. The van der Waals surface area contributed by atoms with Crippen molar-refractivity contribution in [3.05, 3.63) is 41.0 Å². The highest BCUT2D eigenvalue weighted by Crippen LogP contribution is 2.33. The Kier molecular flexibility index (Phi) is 6.53. The molecule has 0 saturated carbocycles. The van der Waals surface area contributed by atoms with Gasteiger partial charge in [-0.05, 0) is 25.1 Å². The van der Waals surface area contributed by atoms with Crippen LogP contribution in [0.15, 0.2) is 29.6 Å². The van der Waals surface area contributed by atoms with Gasteiger partial charge in [0.2, 0.25) is 5.95 Å². The summed E-state index contributed by atoms with van der Waals surface area (Å²) in [6.07, 6.45) is 0. The van der Waals surface area contributed by atoms with Gasteiger partial charge in [-0.2, -0.15) is 4.98 Å². The Balaban J connectivity index is 1.38. The molecule has 0 unspecified atom stereocenters. The van der Waals surface area contributed by atoms with Gasteiger partial charge < -0.3 is 19.7 Å². The standard InChI is InChI=1S/C22H28N6O2S/c1-15-11-20(26-22(23-2)24-15)28-9-7-27(8-10-28)13-17-14-31-21(25-17)16-5-6-18(29-3)19(12-16)30-4/h5-6,11-12,14H,7-10,13H2,1-4H3,(H,23,24,26). The van der Waals surface area contributed by atoms with E-state index in [2.05, 4.69) is 30.5 Å². The van der Waals surface area contributed by atoms with Crippen molar-refractivity contribution in [2.75, 3.05) is 57.7 Å². The number of rotatable bonds is 7. The van der Waals surface area contributed by atoms with Gasteiger partial charge in [-0.3, -0.25) is 4.90 Å². The molecule has 164 valence electrons. The number of thiazole rings is 1. The number of aryl methyl sites for hydroxylation is 1. The van der Waals surface area contributed by atoms with Crippen LogP contribution >= 0.6 is 11.3 Å². The largest absolute Gasteiger partial charge is 0.493 e. The van der Waals surface area contributed by atoms with Crippen LogP contribution in [0, 0.1) is 6.92 Å². The lowest BCUT2D eigenvalue weighted by atomic mass is 10.2. The molecule has 0 radical (unpaired) electrons. The zero-order valence-electron chi connectivity index (χ0n) is 18.4. The highest BCUT2D eigenvalue weighted by Gasteiger charge is 2.20. The first-order valence-electron chi connectivity index (χ1n) is 10.3. The van der Waals surface area contributed by atoms with Crippen molar-refractivity contribution >= 4 is 23.1 Å². The number of aromatic nitrogens is 3. The summed E-state index contributed by atoms with van der Waals surface area (Å²) in [7, 11) is 5.14. The maximum atomic E-state index is 5.42. The first kappa shape index (κ1) is 21.3. The molecule has 3 aromatic rings. The minimum Gasteiger partial charge on any atom is -0.493 e. The fraction of sp³-hybridized carbons (Fsp3) is 0.409. The van der Waals surface area contributed by atoms with Gasteiger partial charge in [-0.15, -0.1) is 11.3 Å². The van der Waals surface area contributed by atoms with Crippen molar-refractivity contribution in [2.45, 2.75) is 13.5 Å². The van der Waals surface area contributed by atoms with Crippen LogP contribution in [0.5, 0.6) is 11.5 Å². The quantitative estimate of drug-likeness (QED) is 0.600. The first-order chi connectivity index (χ1) is 15.1. The molecule has 0 atom stereocenters. The summed E-state index contributed by atoms with van der Waals surface area (Å²) in [6, 6.07) is 7.96. The third kappa shape index (κ3) is 4.88. The van der Waals surface area contributed by atoms with E-state index < -0.39 is 0 Å². The molecular weight excluding hydrogens is 412 g/mol. The number of anilines is 2. The summed E-state index contributed by atoms with van der Waals surface area (Å²) in [6.45, 7) is 6.67. The van der Waals surface area contributed by atoms with Crippen LogP contribution < -0.4 is 19.7 Å². The van der Waals surface area contributed by atoms with Gasteiger partial charge in [0, 0.05) is 62.5 Å². The van der Waals surface area contributed by atoms with Crippen LogP contribution in [0.4, 0.5) is 11.8 Å². The fourth-order valence-electron chi connectivity index (χ4n) is 3.67. The number of ether oxygens (including phenoxy) is 2. The third-order valence-corrected chi connectivity index (χ3v) is 6.27. The van der Waals surface area contributed by atoms with E-state index in [1.54, 1.807) is 25.6 Å². The molecule has 31 heavy (non-hydrogen) atoms. The Labute approximate surface area is 186 Å². The molecule has 9 heteroatoms. The van der Waals surface area contributed by atoms with E-state index in [1.165, 1.54) is 0 Å². The highest BCUT2D eigenvalue weighted by molar-refractivity contribution is 7.13. The van der Waals surface area contributed by atoms with Gasteiger partial charge in [0.15, 0.2) is 11.5 Å². The van der Waals surface area contributed by atoms with Crippen LogP contribution in [0.2, 0.25) is 0 Å². The van der Waals surface area contributed by atoms with E-state index in [0.717, 1.165) is 66.3 Å². The van der Waals surface area contributed by atoms with Gasteiger partial charge in [0.05, 0.1) is 19.9 Å². The number of hydrogen-bond donors (Lipinski definition) is 1. The molecular formula is C22H28N6O2S. The predicted octanol–water partition coefficient (Wildman–Crippen LogP) is 3.29. The average molecular weight is 441 g/mol. The molecule has 0 bridgehead atoms. The number of hydrogen-bond acceptors (Lipinski definition) is 9. The molecule has 1 saturated heterocycles. The van der Waals surface area contributed by atoms with Gasteiger partial charge in [-0.25, -0.2) is 9.97 Å². The lowest BCUT2D eigenvalue weighted by Crippen LogP contribution is -2.46. The summed E-state index contributed by atoms with van der Waals surface area (Å²) in [5.74, 6) is 3.10. The molecule has 8 nitrogen and oxygen atoms in total. The van der Waals surface area contributed by atoms with Gasteiger partial charge in [0.1, 0.15) is 10.8 Å². The molecule has 0 aliphatic carbocycles. The zero-order chi connectivity index (χ0) is 21.8. The molecule has 1 aliphatic heterocycles. The van der Waals surface area contributed by atoms with Crippen LogP contribution in [0.1, 0.15) is 11.4 Å². The summed E-state index contributed by atoms with van der Waals surface area (Å²) < 4.78 is 10.7. The predicted molar refractivity (Wildman–Crippen MR) is 124 cm³/mol. The van der Waals surface area contributed by atoms with E-state index >= 15 is 0 Å². The Morgan fingerprint density at radius 2 is 1.77 bits per heavy atom. The topological polar surface area (TPSA) is 75.6 Å². The maximum Gasteiger partial charge on any atom is 0.224 e. The Morgan fingerprint density at radius 3 is 2.48 bits per heavy atom. The van der Waals surface area contributed by atoms with Crippen LogP contribution in [-0.4, -0.2) is 67.3 Å². The van der Waals surface area contributed by atoms with Crippen molar-refractivity contribution in [1.29, 1.82) is 0 Å². The second-order valence-electron chi connectivity index (χ2n) is 7.42. The Morgan fingerprint density at radius 1 is 1.00 bits per heavy atom.